The van der Waals surface area contributed by atoms with Crippen molar-refractivity contribution in [3.63, 3.8) is 0 Å². The molecule has 0 radical (unpaired) electrons. The van der Waals surface area contributed by atoms with Gasteiger partial charge in [-0.15, -0.1) is 34.5 Å². The number of phenolic OH excluding ortho intramolecular Hbond substituents is 1. The van der Waals surface area contributed by atoms with Gasteiger partial charge in [0.25, 0.3) is 0 Å². The summed E-state index contributed by atoms with van der Waals surface area (Å²) < 4.78 is 2.06. The molecule has 40 heavy (non-hydrogen) atoms. The molecule has 0 amide bonds. The summed E-state index contributed by atoms with van der Waals surface area (Å²) in [5.41, 5.74) is 5.59. The molecule has 0 spiro atoms. The molecule has 4 nitrogen and oxygen atoms in total. The third-order valence-corrected chi connectivity index (χ3v) is 10.8. The predicted octanol–water partition coefficient (Wildman–Crippen LogP) is 6.86. The van der Waals surface area contributed by atoms with E-state index >= 15 is 0 Å². The molecule has 0 saturated carbocycles. The molecule has 0 bridgehead atoms. The van der Waals surface area contributed by atoms with Gasteiger partial charge in [0.15, 0.2) is 0 Å². The maximum Gasteiger partial charge on any atom is 0.139 e. The van der Waals surface area contributed by atoms with Crippen molar-refractivity contribution < 1.29 is 26.2 Å². The molecule has 6 rings (SSSR count). The molecule has 0 fully saturated rings. The summed E-state index contributed by atoms with van der Waals surface area (Å²) in [4.78, 5) is 9.98. The van der Waals surface area contributed by atoms with E-state index in [-0.39, 0.29) is 32.2 Å². The second kappa shape index (κ2) is 10.5. The van der Waals surface area contributed by atoms with Crippen LogP contribution in [0, 0.1) is 6.07 Å². The Morgan fingerprint density at radius 3 is 2.27 bits per heavy atom. The van der Waals surface area contributed by atoms with Gasteiger partial charge in [-0.05, 0) is 41.4 Å². The summed E-state index contributed by atoms with van der Waals surface area (Å²) in [6.45, 7) is 11.4. The van der Waals surface area contributed by atoms with Crippen molar-refractivity contribution in [3.8, 4) is 22.7 Å². The first-order valence-corrected chi connectivity index (χ1v) is 16.3. The summed E-state index contributed by atoms with van der Waals surface area (Å²) in [7, 11) is -2.11. The summed E-state index contributed by atoms with van der Waals surface area (Å²) in [5.74, 6) is 0.221. The van der Waals surface area contributed by atoms with E-state index in [1.165, 1.54) is 10.8 Å². The first kappa shape index (κ1) is 28.0. The van der Waals surface area contributed by atoms with Crippen molar-refractivity contribution in [2.45, 2.75) is 39.3 Å². The van der Waals surface area contributed by atoms with E-state index in [4.69, 9.17) is 9.97 Å². The van der Waals surface area contributed by atoms with Crippen molar-refractivity contribution in [1.82, 2.24) is 14.5 Å². The Balaban J connectivity index is 0.00000323. The van der Waals surface area contributed by atoms with E-state index in [2.05, 4.69) is 93.0 Å². The number of benzene rings is 3. The third-order valence-electron chi connectivity index (χ3n) is 7.63. The van der Waals surface area contributed by atoms with Gasteiger partial charge in [0.05, 0.1) is 11.2 Å². The van der Waals surface area contributed by atoms with E-state index in [1.807, 2.05) is 42.6 Å². The quantitative estimate of drug-likeness (QED) is 0.160. The van der Waals surface area contributed by atoms with Crippen LogP contribution in [0.3, 0.4) is 0 Å². The van der Waals surface area contributed by atoms with Crippen LogP contribution in [0.4, 0.5) is 0 Å². The molecule has 0 atom stereocenters. The molecular formula is C34H32N3OPtSi-. The SMILES string of the molecule is CC(C)(C)c1cc(-c2ccc3c4ccccc4n(-c4ccccc4O)c3n2)[c-]c([Si](C)(C)c2ccccn2)c1.[Pt]. The van der Waals surface area contributed by atoms with Crippen LogP contribution < -0.4 is 10.5 Å². The molecular weight excluding hydrogens is 690 g/mol. The van der Waals surface area contributed by atoms with Crippen molar-refractivity contribution in [2.24, 2.45) is 0 Å². The van der Waals surface area contributed by atoms with Crippen LogP contribution >= 0.6 is 0 Å². The number of pyridine rings is 2. The Bertz CT molecular complexity index is 1840. The zero-order chi connectivity index (χ0) is 27.4. The van der Waals surface area contributed by atoms with Gasteiger partial charge in [-0.1, -0.05) is 82.4 Å². The second-order valence-electron chi connectivity index (χ2n) is 11.7. The van der Waals surface area contributed by atoms with Crippen LogP contribution in [-0.2, 0) is 26.5 Å². The molecule has 3 aromatic heterocycles. The number of phenols is 1. The molecule has 0 saturated heterocycles. The molecule has 0 aliphatic heterocycles. The Morgan fingerprint density at radius 2 is 1.55 bits per heavy atom. The van der Waals surface area contributed by atoms with Gasteiger partial charge in [-0.3, -0.25) is 14.5 Å². The number of nitrogens with zero attached hydrogens (tertiary/aromatic N) is 3. The van der Waals surface area contributed by atoms with Crippen LogP contribution in [0.15, 0.2) is 97.2 Å². The molecule has 3 heterocycles. The van der Waals surface area contributed by atoms with Crippen molar-refractivity contribution in [2.75, 3.05) is 0 Å². The molecule has 0 aliphatic rings. The van der Waals surface area contributed by atoms with Gasteiger partial charge in [-0.25, -0.2) is 0 Å². The fourth-order valence-electron chi connectivity index (χ4n) is 5.23. The average Bonchev–Trinajstić information content (AvgIpc) is 3.26. The Labute approximate surface area is 251 Å². The monoisotopic (exact) mass is 721 g/mol. The maximum atomic E-state index is 10.8. The number of hydrogen-bond donors (Lipinski definition) is 1. The maximum absolute atomic E-state index is 10.8. The van der Waals surface area contributed by atoms with Crippen LogP contribution in [0.2, 0.25) is 13.1 Å². The standard InChI is InChI=1S/C34H32N3OSi.Pt/c1-34(2,3)24-20-23(21-25(22-24)39(4,5)32-16-10-11-19-35-32)28-18-17-27-26-12-6-7-13-29(26)37(33(27)36-28)30-14-8-9-15-31(30)38;/h6-20,22,38H,1-5H3;/q-1;. The van der Waals surface area contributed by atoms with Crippen LogP contribution in [0.5, 0.6) is 5.75 Å². The van der Waals surface area contributed by atoms with Gasteiger partial charge in [0.1, 0.15) is 19.5 Å². The van der Waals surface area contributed by atoms with Gasteiger partial charge in [0, 0.05) is 43.4 Å². The van der Waals surface area contributed by atoms with E-state index < -0.39 is 8.07 Å². The number of para-hydroxylation sites is 3. The molecule has 3 aromatic carbocycles. The van der Waals surface area contributed by atoms with Gasteiger partial charge in [-0.2, -0.15) is 0 Å². The van der Waals surface area contributed by atoms with Gasteiger partial charge >= 0.3 is 0 Å². The van der Waals surface area contributed by atoms with Crippen LogP contribution in [0.25, 0.3) is 38.9 Å². The number of aromatic hydroxyl groups is 1. The van der Waals surface area contributed by atoms with Crippen molar-refractivity contribution >= 4 is 40.5 Å². The minimum atomic E-state index is -2.11. The minimum Gasteiger partial charge on any atom is -0.506 e. The fourth-order valence-corrected chi connectivity index (χ4v) is 7.38. The molecule has 0 aliphatic carbocycles. The zero-order valence-corrected chi connectivity index (χ0v) is 26.6. The summed E-state index contributed by atoms with van der Waals surface area (Å²) in [6, 6.07) is 34.4. The number of fused-ring (bicyclic) bond motifs is 3. The zero-order valence-electron chi connectivity index (χ0n) is 23.3. The number of aromatic nitrogens is 3. The largest absolute Gasteiger partial charge is 0.506 e. The topological polar surface area (TPSA) is 50.9 Å². The number of rotatable bonds is 4. The van der Waals surface area contributed by atoms with Gasteiger partial charge in [0.2, 0.25) is 0 Å². The average molecular weight is 722 g/mol. The van der Waals surface area contributed by atoms with E-state index in [0.29, 0.717) is 5.69 Å². The van der Waals surface area contributed by atoms with Crippen molar-refractivity contribution in [1.29, 1.82) is 0 Å². The van der Waals surface area contributed by atoms with E-state index in [9.17, 15) is 5.11 Å². The number of hydrogen-bond acceptors (Lipinski definition) is 3. The third kappa shape index (κ3) is 4.82. The first-order chi connectivity index (χ1) is 18.6. The molecule has 6 aromatic rings. The summed E-state index contributed by atoms with van der Waals surface area (Å²) in [5, 5.41) is 15.3. The first-order valence-electron chi connectivity index (χ1n) is 13.3. The molecule has 0 unspecified atom stereocenters. The smallest absolute Gasteiger partial charge is 0.139 e. The second-order valence-corrected chi connectivity index (χ2v) is 16.0. The predicted molar refractivity (Wildman–Crippen MR) is 164 cm³/mol. The normalized spacial score (nSPS) is 12.0. The van der Waals surface area contributed by atoms with Crippen LogP contribution in [-0.4, -0.2) is 27.7 Å². The fraction of sp³-hybridized carbons (Fsp3) is 0.176. The van der Waals surface area contributed by atoms with Crippen molar-refractivity contribution in [3.05, 3.63) is 109 Å². The minimum absolute atomic E-state index is 0. The molecule has 6 heteroatoms. The van der Waals surface area contributed by atoms with E-state index in [1.54, 1.807) is 6.07 Å². The molecule has 1 N–H and O–H groups in total. The summed E-state index contributed by atoms with van der Waals surface area (Å²) >= 11 is 0. The van der Waals surface area contributed by atoms with Crippen LogP contribution in [0.1, 0.15) is 26.3 Å². The Morgan fingerprint density at radius 1 is 0.825 bits per heavy atom. The van der Waals surface area contributed by atoms with E-state index in [0.717, 1.165) is 38.5 Å². The Kier molecular flexibility index (Phi) is 7.32. The molecule has 204 valence electrons. The summed E-state index contributed by atoms with van der Waals surface area (Å²) in [6.07, 6.45) is 1.88. The van der Waals surface area contributed by atoms with Gasteiger partial charge < -0.3 is 5.11 Å². The Hall–Kier alpha value is -3.53.